The Hall–Kier alpha value is 1.46. The van der Waals surface area contributed by atoms with Gasteiger partial charge >= 0.3 is 0 Å². The third kappa shape index (κ3) is 7.46. The van der Waals surface area contributed by atoms with Crippen molar-refractivity contribution in [2.75, 3.05) is 0 Å². The van der Waals surface area contributed by atoms with Crippen LogP contribution < -0.4 is 0 Å². The van der Waals surface area contributed by atoms with Crippen LogP contribution in [0.1, 0.15) is 25.7 Å². The van der Waals surface area contributed by atoms with E-state index in [2.05, 4.69) is 52.1 Å². The molecule has 0 saturated heterocycles. The fraction of sp³-hybridized carbons (Fsp3) is 0.833. The van der Waals surface area contributed by atoms with Gasteiger partial charge in [0.25, 0.3) is 0 Å². The minimum Gasteiger partial charge on any atom is -0.0710 e. The molecule has 0 rings (SSSR count). The van der Waals surface area contributed by atoms with Crippen LogP contribution in [0.4, 0.5) is 0 Å². The lowest BCUT2D eigenvalue weighted by molar-refractivity contribution is 0.732. The van der Waals surface area contributed by atoms with E-state index in [0.717, 1.165) is 8.35 Å². The molecule has 8 heavy (non-hydrogen) atoms. The first-order chi connectivity index (χ1) is 3.77. The standard InChI is InChI=1S/C6H11I2/c1-2-3-4-5-6(7)8/h6H,1-5H2. The van der Waals surface area contributed by atoms with Crippen LogP contribution in [0.2, 0.25) is 0 Å². The smallest absolute Gasteiger partial charge is 0.0626 e. The lowest BCUT2D eigenvalue weighted by atomic mass is 10.2. The van der Waals surface area contributed by atoms with E-state index in [1.165, 1.54) is 19.3 Å². The second-order valence-electron chi connectivity index (χ2n) is 1.74. The molecule has 0 unspecified atom stereocenters. The first-order valence-corrected chi connectivity index (χ1v) is 5.34. The molecule has 2 heteroatoms. The van der Waals surface area contributed by atoms with Crippen molar-refractivity contribution in [2.45, 2.75) is 27.6 Å². The minimum absolute atomic E-state index is 0.816. The summed E-state index contributed by atoms with van der Waals surface area (Å²) in [6.07, 6.45) is 5.08. The average molecular weight is 337 g/mol. The Morgan fingerprint density at radius 1 is 1.25 bits per heavy atom. The summed E-state index contributed by atoms with van der Waals surface area (Å²) < 4.78 is 0.816. The zero-order valence-electron chi connectivity index (χ0n) is 4.87. The summed E-state index contributed by atoms with van der Waals surface area (Å²) in [6.45, 7) is 3.78. The van der Waals surface area contributed by atoms with E-state index in [1.54, 1.807) is 0 Å². The van der Waals surface area contributed by atoms with Gasteiger partial charge in [-0.2, -0.15) is 0 Å². The molecule has 0 heterocycles. The van der Waals surface area contributed by atoms with Crippen LogP contribution in [0.25, 0.3) is 0 Å². The van der Waals surface area contributed by atoms with Crippen LogP contribution in [0.3, 0.4) is 0 Å². The van der Waals surface area contributed by atoms with E-state index in [1.807, 2.05) is 0 Å². The highest BCUT2D eigenvalue weighted by molar-refractivity contribution is 14.2. The summed E-state index contributed by atoms with van der Waals surface area (Å²) in [6, 6.07) is 0. The third-order valence-corrected chi connectivity index (χ3v) is 2.17. The molecule has 0 nitrogen and oxygen atoms in total. The Morgan fingerprint density at radius 2 is 1.88 bits per heavy atom. The molecule has 0 bridgehead atoms. The third-order valence-electron chi connectivity index (χ3n) is 0.922. The quantitative estimate of drug-likeness (QED) is 0.418. The Morgan fingerprint density at radius 3 is 2.25 bits per heavy atom. The molecule has 0 aromatic carbocycles. The van der Waals surface area contributed by atoms with E-state index in [0.29, 0.717) is 0 Å². The summed E-state index contributed by atoms with van der Waals surface area (Å²) in [5, 5.41) is 0. The lowest BCUT2D eigenvalue weighted by Gasteiger charge is -1.97. The summed E-state index contributed by atoms with van der Waals surface area (Å²) in [5.41, 5.74) is 0. The Balaban J connectivity index is 2.72. The molecular weight excluding hydrogens is 326 g/mol. The van der Waals surface area contributed by atoms with Crippen LogP contribution in [-0.2, 0) is 0 Å². The monoisotopic (exact) mass is 337 g/mol. The van der Waals surface area contributed by atoms with E-state index < -0.39 is 0 Å². The SMILES string of the molecule is [CH2]CCCCC(I)I. The van der Waals surface area contributed by atoms with Gasteiger partial charge in [-0.05, 0) is 6.42 Å². The molecular formula is C6H11I2. The molecule has 0 fully saturated rings. The molecule has 0 N–H and O–H groups in total. The van der Waals surface area contributed by atoms with Crippen molar-refractivity contribution in [3.8, 4) is 0 Å². The molecule has 0 aliphatic carbocycles. The van der Waals surface area contributed by atoms with Crippen molar-refractivity contribution in [3.63, 3.8) is 0 Å². The summed E-state index contributed by atoms with van der Waals surface area (Å²) in [7, 11) is 0. The summed E-state index contributed by atoms with van der Waals surface area (Å²) >= 11 is 4.90. The van der Waals surface area contributed by atoms with Crippen LogP contribution >= 0.6 is 45.2 Å². The van der Waals surface area contributed by atoms with Gasteiger partial charge in [0.05, 0.1) is 1.93 Å². The normalized spacial score (nSPS) is 10.5. The van der Waals surface area contributed by atoms with Gasteiger partial charge < -0.3 is 0 Å². The highest BCUT2D eigenvalue weighted by Crippen LogP contribution is 2.17. The van der Waals surface area contributed by atoms with E-state index in [-0.39, 0.29) is 0 Å². The van der Waals surface area contributed by atoms with E-state index in [4.69, 9.17) is 0 Å². The highest BCUT2D eigenvalue weighted by atomic mass is 127. The van der Waals surface area contributed by atoms with Gasteiger partial charge in [0.15, 0.2) is 0 Å². The number of alkyl halides is 2. The molecule has 0 spiro atoms. The molecule has 49 valence electrons. The molecule has 0 atom stereocenters. The summed E-state index contributed by atoms with van der Waals surface area (Å²) in [5.74, 6) is 0. The predicted octanol–water partition coefficient (Wildman–Crippen LogP) is 3.58. The van der Waals surface area contributed by atoms with Crippen molar-refractivity contribution in [2.24, 2.45) is 0 Å². The molecule has 0 aromatic rings. The summed E-state index contributed by atoms with van der Waals surface area (Å²) in [4.78, 5) is 0. The first-order valence-electron chi connectivity index (χ1n) is 2.84. The Labute approximate surface area is 79.1 Å². The molecule has 0 aromatic heterocycles. The zero-order valence-corrected chi connectivity index (χ0v) is 9.18. The highest BCUT2D eigenvalue weighted by Gasteiger charge is 1.94. The predicted molar refractivity (Wildman–Crippen MR) is 55.7 cm³/mol. The second-order valence-corrected chi connectivity index (χ2v) is 7.13. The number of hydrogen-bond acceptors (Lipinski definition) is 0. The van der Waals surface area contributed by atoms with Gasteiger partial charge in [-0.15, -0.1) is 0 Å². The minimum atomic E-state index is 0.816. The van der Waals surface area contributed by atoms with Crippen LogP contribution in [0.15, 0.2) is 0 Å². The van der Waals surface area contributed by atoms with E-state index >= 15 is 0 Å². The van der Waals surface area contributed by atoms with Crippen molar-refractivity contribution in [1.29, 1.82) is 0 Å². The van der Waals surface area contributed by atoms with Crippen LogP contribution in [0.5, 0.6) is 0 Å². The van der Waals surface area contributed by atoms with Crippen molar-refractivity contribution in [1.82, 2.24) is 0 Å². The van der Waals surface area contributed by atoms with Gasteiger partial charge in [-0.25, -0.2) is 0 Å². The van der Waals surface area contributed by atoms with Gasteiger partial charge in [0, 0.05) is 0 Å². The van der Waals surface area contributed by atoms with Crippen molar-refractivity contribution in [3.05, 3.63) is 6.92 Å². The first kappa shape index (κ1) is 9.46. The number of rotatable bonds is 4. The average Bonchev–Trinajstić information content (AvgIpc) is 1.66. The number of unbranched alkanes of at least 4 members (excludes halogenated alkanes) is 2. The Kier molecular flexibility index (Phi) is 7.78. The van der Waals surface area contributed by atoms with Crippen LogP contribution in [-0.4, -0.2) is 1.93 Å². The molecule has 0 aliphatic heterocycles. The van der Waals surface area contributed by atoms with Gasteiger partial charge in [-0.1, -0.05) is 71.4 Å². The second kappa shape index (κ2) is 6.58. The molecule has 0 aliphatic rings. The molecule has 0 saturated carbocycles. The lowest BCUT2D eigenvalue weighted by Crippen LogP contribution is -1.83. The topological polar surface area (TPSA) is 0 Å². The molecule has 1 radical (unpaired) electrons. The number of halogens is 2. The fourth-order valence-electron chi connectivity index (χ4n) is 0.475. The maximum atomic E-state index is 3.78. The van der Waals surface area contributed by atoms with Gasteiger partial charge in [-0.3, -0.25) is 0 Å². The largest absolute Gasteiger partial charge is 0.0710 e. The molecule has 0 amide bonds. The maximum absolute atomic E-state index is 3.78. The zero-order chi connectivity index (χ0) is 6.41. The Bertz CT molecular complexity index is 43.8. The van der Waals surface area contributed by atoms with Gasteiger partial charge in [0.1, 0.15) is 0 Å². The van der Waals surface area contributed by atoms with Crippen molar-refractivity contribution >= 4 is 45.2 Å². The van der Waals surface area contributed by atoms with E-state index in [9.17, 15) is 0 Å². The van der Waals surface area contributed by atoms with Crippen molar-refractivity contribution < 1.29 is 0 Å². The van der Waals surface area contributed by atoms with Gasteiger partial charge in [0.2, 0.25) is 0 Å². The van der Waals surface area contributed by atoms with Crippen LogP contribution in [0, 0.1) is 6.92 Å². The maximum Gasteiger partial charge on any atom is 0.0626 e. The number of hydrogen-bond donors (Lipinski definition) is 0. The fourth-order valence-corrected chi connectivity index (χ4v) is 1.36.